The van der Waals surface area contributed by atoms with Crippen molar-refractivity contribution in [3.05, 3.63) is 12.3 Å². The third-order valence-electron chi connectivity index (χ3n) is 1.72. The van der Waals surface area contributed by atoms with Gasteiger partial charge in [0.05, 0.1) is 0 Å². The van der Waals surface area contributed by atoms with Crippen LogP contribution in [0.1, 0.15) is 12.8 Å². The van der Waals surface area contributed by atoms with E-state index in [1.807, 2.05) is 11.8 Å². The first-order valence-corrected chi connectivity index (χ1v) is 5.22. The molecule has 1 fully saturated rings. The van der Waals surface area contributed by atoms with Gasteiger partial charge in [0.1, 0.15) is 0 Å². The summed E-state index contributed by atoms with van der Waals surface area (Å²) in [5.41, 5.74) is 0. The van der Waals surface area contributed by atoms with Crippen LogP contribution in [0.25, 0.3) is 0 Å². The Morgan fingerprint density at radius 3 is 2.70 bits per heavy atom. The number of likely N-dealkylation sites (tertiary alicyclic amines) is 1. The minimum Gasteiger partial charge on any atom is -0.378 e. The molecule has 1 aliphatic heterocycles. The molecule has 0 aromatic rings. The van der Waals surface area contributed by atoms with Crippen molar-refractivity contribution in [2.75, 3.05) is 25.1 Å². The average molecular weight is 157 g/mol. The number of hydrogen-bond donors (Lipinski definition) is 0. The normalized spacial score (nSPS) is 19.1. The SMILES string of the molecule is CSC/C=C/N1CCCC1. The molecule has 0 bridgehead atoms. The van der Waals surface area contributed by atoms with E-state index in [2.05, 4.69) is 23.4 Å². The first-order valence-electron chi connectivity index (χ1n) is 3.83. The van der Waals surface area contributed by atoms with Gasteiger partial charge in [-0.25, -0.2) is 0 Å². The van der Waals surface area contributed by atoms with E-state index in [9.17, 15) is 0 Å². The van der Waals surface area contributed by atoms with E-state index in [1.165, 1.54) is 25.9 Å². The summed E-state index contributed by atoms with van der Waals surface area (Å²) in [5.74, 6) is 1.15. The Bertz CT molecular complexity index is 106. The molecule has 0 aliphatic carbocycles. The lowest BCUT2D eigenvalue weighted by Crippen LogP contribution is -2.10. The highest BCUT2D eigenvalue weighted by atomic mass is 32.2. The van der Waals surface area contributed by atoms with Crippen LogP contribution in [0.4, 0.5) is 0 Å². The minimum absolute atomic E-state index is 1.15. The summed E-state index contributed by atoms with van der Waals surface area (Å²) in [6.07, 6.45) is 9.38. The summed E-state index contributed by atoms with van der Waals surface area (Å²) < 4.78 is 0. The first kappa shape index (κ1) is 7.99. The molecule has 1 rings (SSSR count). The Balaban J connectivity index is 2.10. The quantitative estimate of drug-likeness (QED) is 0.616. The second kappa shape index (κ2) is 4.67. The van der Waals surface area contributed by atoms with E-state index >= 15 is 0 Å². The third kappa shape index (κ3) is 2.65. The molecule has 58 valence electrons. The molecule has 0 saturated carbocycles. The molecule has 10 heavy (non-hydrogen) atoms. The molecule has 0 radical (unpaired) electrons. The van der Waals surface area contributed by atoms with Gasteiger partial charge in [0.15, 0.2) is 0 Å². The second-order valence-electron chi connectivity index (χ2n) is 2.58. The van der Waals surface area contributed by atoms with Crippen LogP contribution in [-0.4, -0.2) is 30.0 Å². The Morgan fingerprint density at radius 1 is 1.40 bits per heavy atom. The lowest BCUT2D eigenvalue weighted by atomic mass is 10.4. The molecule has 1 heterocycles. The maximum atomic E-state index is 2.40. The molecule has 1 aliphatic rings. The van der Waals surface area contributed by atoms with Gasteiger partial charge in [0.2, 0.25) is 0 Å². The fraction of sp³-hybridized carbons (Fsp3) is 0.750. The molecular formula is C8H15NS. The van der Waals surface area contributed by atoms with E-state index in [-0.39, 0.29) is 0 Å². The first-order chi connectivity index (χ1) is 4.93. The summed E-state index contributed by atoms with van der Waals surface area (Å²) in [6, 6.07) is 0. The molecule has 2 heteroatoms. The Morgan fingerprint density at radius 2 is 2.10 bits per heavy atom. The van der Waals surface area contributed by atoms with Gasteiger partial charge in [-0.1, -0.05) is 6.08 Å². The zero-order valence-corrected chi connectivity index (χ0v) is 7.36. The van der Waals surface area contributed by atoms with Crippen LogP contribution in [0.15, 0.2) is 12.3 Å². The molecule has 0 unspecified atom stereocenters. The Labute approximate surface area is 67.5 Å². The van der Waals surface area contributed by atoms with Gasteiger partial charge >= 0.3 is 0 Å². The van der Waals surface area contributed by atoms with Crippen molar-refractivity contribution in [3.63, 3.8) is 0 Å². The monoisotopic (exact) mass is 157 g/mol. The van der Waals surface area contributed by atoms with Crippen LogP contribution >= 0.6 is 11.8 Å². The van der Waals surface area contributed by atoms with Crippen LogP contribution in [0, 0.1) is 0 Å². The largest absolute Gasteiger partial charge is 0.378 e. The number of rotatable bonds is 3. The van der Waals surface area contributed by atoms with Crippen molar-refractivity contribution in [3.8, 4) is 0 Å². The minimum atomic E-state index is 1.15. The summed E-state index contributed by atoms with van der Waals surface area (Å²) in [6.45, 7) is 2.54. The molecule has 0 amide bonds. The van der Waals surface area contributed by atoms with Gasteiger partial charge in [-0.2, -0.15) is 11.8 Å². The molecule has 0 aromatic heterocycles. The van der Waals surface area contributed by atoms with Crippen molar-refractivity contribution in [1.29, 1.82) is 0 Å². The van der Waals surface area contributed by atoms with Crippen LogP contribution < -0.4 is 0 Å². The molecule has 0 spiro atoms. The van der Waals surface area contributed by atoms with Gasteiger partial charge in [-0.15, -0.1) is 0 Å². The van der Waals surface area contributed by atoms with Crippen LogP contribution in [0.2, 0.25) is 0 Å². The number of nitrogens with zero attached hydrogens (tertiary/aromatic N) is 1. The highest BCUT2D eigenvalue weighted by Crippen LogP contribution is 2.07. The van der Waals surface area contributed by atoms with Crippen molar-refractivity contribution in [1.82, 2.24) is 4.90 Å². The van der Waals surface area contributed by atoms with E-state index in [4.69, 9.17) is 0 Å². The van der Waals surface area contributed by atoms with Crippen LogP contribution in [0.5, 0.6) is 0 Å². The van der Waals surface area contributed by atoms with Crippen LogP contribution in [0.3, 0.4) is 0 Å². The maximum Gasteiger partial charge on any atom is 0.0173 e. The maximum absolute atomic E-state index is 2.40. The predicted octanol–water partition coefficient (Wildman–Crippen LogP) is 1.96. The highest BCUT2D eigenvalue weighted by Gasteiger charge is 2.05. The van der Waals surface area contributed by atoms with Gasteiger partial charge in [0.25, 0.3) is 0 Å². The van der Waals surface area contributed by atoms with E-state index in [1.54, 1.807) is 0 Å². The fourth-order valence-electron chi connectivity index (χ4n) is 1.18. The molecular weight excluding hydrogens is 142 g/mol. The van der Waals surface area contributed by atoms with Crippen LogP contribution in [-0.2, 0) is 0 Å². The third-order valence-corrected chi connectivity index (χ3v) is 2.25. The van der Waals surface area contributed by atoms with E-state index in [0.29, 0.717) is 0 Å². The van der Waals surface area contributed by atoms with E-state index in [0.717, 1.165) is 5.75 Å². The summed E-state index contributed by atoms with van der Waals surface area (Å²) in [5, 5.41) is 0. The zero-order valence-electron chi connectivity index (χ0n) is 6.55. The van der Waals surface area contributed by atoms with Crippen molar-refractivity contribution >= 4 is 11.8 Å². The van der Waals surface area contributed by atoms with Gasteiger partial charge in [-0.05, 0) is 25.3 Å². The summed E-state index contributed by atoms with van der Waals surface area (Å²) >= 11 is 1.87. The lowest BCUT2D eigenvalue weighted by molar-refractivity contribution is 0.467. The molecule has 0 N–H and O–H groups in total. The molecule has 0 aromatic carbocycles. The molecule has 1 nitrogen and oxygen atoms in total. The van der Waals surface area contributed by atoms with Crippen molar-refractivity contribution in [2.24, 2.45) is 0 Å². The standard InChI is InChI=1S/C8H15NS/c1-10-8-4-7-9-5-2-3-6-9/h4,7H,2-3,5-6,8H2,1H3/b7-4+. The lowest BCUT2D eigenvalue weighted by Gasteiger charge is -2.09. The number of thioether (sulfide) groups is 1. The highest BCUT2D eigenvalue weighted by molar-refractivity contribution is 7.98. The summed E-state index contributed by atoms with van der Waals surface area (Å²) in [4.78, 5) is 2.40. The Kier molecular flexibility index (Phi) is 3.73. The topological polar surface area (TPSA) is 3.24 Å². The predicted molar refractivity (Wildman–Crippen MR) is 48.3 cm³/mol. The van der Waals surface area contributed by atoms with Gasteiger partial charge < -0.3 is 4.90 Å². The van der Waals surface area contributed by atoms with Gasteiger partial charge in [0, 0.05) is 18.8 Å². The zero-order chi connectivity index (χ0) is 7.23. The fourth-order valence-corrected chi connectivity index (χ4v) is 1.46. The molecule has 0 atom stereocenters. The number of hydrogen-bond acceptors (Lipinski definition) is 2. The van der Waals surface area contributed by atoms with E-state index < -0.39 is 0 Å². The smallest absolute Gasteiger partial charge is 0.0173 e. The Hall–Kier alpha value is -0.110. The van der Waals surface area contributed by atoms with Crippen molar-refractivity contribution < 1.29 is 0 Å². The average Bonchev–Trinajstić information content (AvgIpc) is 2.41. The van der Waals surface area contributed by atoms with Gasteiger partial charge in [-0.3, -0.25) is 0 Å². The van der Waals surface area contributed by atoms with Crippen molar-refractivity contribution in [2.45, 2.75) is 12.8 Å². The molecule has 1 saturated heterocycles. The summed E-state index contributed by atoms with van der Waals surface area (Å²) in [7, 11) is 0. The second-order valence-corrected chi connectivity index (χ2v) is 3.49.